The Hall–Kier alpha value is -1.59. The second-order valence-corrected chi connectivity index (χ2v) is 5.29. The molecule has 1 aliphatic carbocycles. The van der Waals surface area contributed by atoms with Crippen LogP contribution >= 0.6 is 0 Å². The van der Waals surface area contributed by atoms with Crippen molar-refractivity contribution in [2.45, 2.75) is 38.1 Å². The lowest BCUT2D eigenvalue weighted by Crippen LogP contribution is -2.42. The van der Waals surface area contributed by atoms with E-state index in [1.165, 1.54) is 7.11 Å². The maximum absolute atomic E-state index is 11.9. The van der Waals surface area contributed by atoms with Crippen LogP contribution in [0.25, 0.3) is 0 Å². The average molecular weight is 268 g/mol. The Morgan fingerprint density at radius 1 is 1.21 bits per heavy atom. The SMILES string of the molecule is COC(=O)C1CCC(NC(=O)C2CNC(=O)C2)CC1. The van der Waals surface area contributed by atoms with E-state index in [0.29, 0.717) is 6.54 Å². The lowest BCUT2D eigenvalue weighted by molar-refractivity contribution is -0.146. The van der Waals surface area contributed by atoms with Gasteiger partial charge in [0.1, 0.15) is 0 Å². The monoisotopic (exact) mass is 268 g/mol. The van der Waals surface area contributed by atoms with Gasteiger partial charge in [0.05, 0.1) is 18.9 Å². The summed E-state index contributed by atoms with van der Waals surface area (Å²) < 4.78 is 4.73. The molecule has 0 aromatic carbocycles. The molecular formula is C13H20N2O4. The molecule has 1 saturated heterocycles. The Bertz CT molecular complexity index is 375. The fraction of sp³-hybridized carbons (Fsp3) is 0.769. The van der Waals surface area contributed by atoms with Gasteiger partial charge in [0, 0.05) is 19.0 Å². The second-order valence-electron chi connectivity index (χ2n) is 5.29. The van der Waals surface area contributed by atoms with Gasteiger partial charge >= 0.3 is 5.97 Å². The number of carbonyl (C=O) groups excluding carboxylic acids is 3. The predicted octanol–water partition coefficient (Wildman–Crippen LogP) is -0.0295. The van der Waals surface area contributed by atoms with Crippen molar-refractivity contribution in [3.05, 3.63) is 0 Å². The van der Waals surface area contributed by atoms with E-state index < -0.39 is 0 Å². The van der Waals surface area contributed by atoms with Crippen LogP contribution < -0.4 is 10.6 Å². The lowest BCUT2D eigenvalue weighted by atomic mass is 9.86. The summed E-state index contributed by atoms with van der Waals surface area (Å²) >= 11 is 0. The van der Waals surface area contributed by atoms with Crippen molar-refractivity contribution < 1.29 is 19.1 Å². The second kappa shape index (κ2) is 6.04. The molecule has 0 aromatic rings. The van der Waals surface area contributed by atoms with Gasteiger partial charge in [-0.1, -0.05) is 0 Å². The highest BCUT2D eigenvalue weighted by Gasteiger charge is 2.31. The van der Waals surface area contributed by atoms with Crippen molar-refractivity contribution in [3.63, 3.8) is 0 Å². The summed E-state index contributed by atoms with van der Waals surface area (Å²) in [5.41, 5.74) is 0. The molecule has 1 heterocycles. The Morgan fingerprint density at radius 3 is 2.42 bits per heavy atom. The lowest BCUT2D eigenvalue weighted by Gasteiger charge is -2.28. The van der Waals surface area contributed by atoms with Crippen LogP contribution in [0.2, 0.25) is 0 Å². The number of nitrogens with one attached hydrogen (secondary N) is 2. The van der Waals surface area contributed by atoms with E-state index in [1.807, 2.05) is 0 Å². The van der Waals surface area contributed by atoms with E-state index in [0.717, 1.165) is 25.7 Å². The molecule has 2 aliphatic rings. The van der Waals surface area contributed by atoms with E-state index in [1.54, 1.807) is 0 Å². The fourth-order valence-electron chi connectivity index (χ4n) is 2.75. The topological polar surface area (TPSA) is 84.5 Å². The van der Waals surface area contributed by atoms with Gasteiger partial charge < -0.3 is 15.4 Å². The normalized spacial score (nSPS) is 30.6. The van der Waals surface area contributed by atoms with Gasteiger partial charge in [0.15, 0.2) is 0 Å². The minimum absolute atomic E-state index is 0.0344. The molecule has 2 fully saturated rings. The molecule has 1 unspecified atom stereocenters. The van der Waals surface area contributed by atoms with E-state index in [4.69, 9.17) is 4.74 Å². The van der Waals surface area contributed by atoms with Crippen LogP contribution in [0, 0.1) is 11.8 Å². The molecule has 2 rings (SSSR count). The predicted molar refractivity (Wildman–Crippen MR) is 67.0 cm³/mol. The molecule has 1 aliphatic heterocycles. The molecular weight excluding hydrogens is 248 g/mol. The van der Waals surface area contributed by atoms with Crippen LogP contribution in [-0.4, -0.2) is 37.5 Å². The average Bonchev–Trinajstić information content (AvgIpc) is 2.85. The third-order valence-electron chi connectivity index (χ3n) is 3.96. The van der Waals surface area contributed by atoms with E-state index in [-0.39, 0.29) is 42.1 Å². The highest BCUT2D eigenvalue weighted by molar-refractivity contribution is 5.89. The number of rotatable bonds is 3. The van der Waals surface area contributed by atoms with E-state index in [2.05, 4.69) is 10.6 Å². The van der Waals surface area contributed by atoms with Crippen molar-refractivity contribution in [1.29, 1.82) is 0 Å². The Balaban J connectivity index is 1.75. The van der Waals surface area contributed by atoms with Crippen LogP contribution in [0.15, 0.2) is 0 Å². The third-order valence-corrected chi connectivity index (χ3v) is 3.96. The number of hydrogen-bond donors (Lipinski definition) is 2. The smallest absolute Gasteiger partial charge is 0.308 e. The molecule has 0 aromatic heterocycles. The number of esters is 1. The van der Waals surface area contributed by atoms with E-state index in [9.17, 15) is 14.4 Å². The van der Waals surface area contributed by atoms with Gasteiger partial charge in [-0.25, -0.2) is 0 Å². The first kappa shape index (κ1) is 13.8. The molecule has 0 radical (unpaired) electrons. The summed E-state index contributed by atoms with van der Waals surface area (Å²) in [5, 5.41) is 5.63. The van der Waals surface area contributed by atoms with Crippen molar-refractivity contribution >= 4 is 17.8 Å². The van der Waals surface area contributed by atoms with Gasteiger partial charge in [-0.3, -0.25) is 14.4 Å². The summed E-state index contributed by atoms with van der Waals surface area (Å²) in [5.74, 6) is -0.552. The molecule has 0 bridgehead atoms. The standard InChI is InChI=1S/C13H20N2O4/c1-19-13(18)8-2-4-10(5-3-8)15-12(17)9-6-11(16)14-7-9/h8-10H,2-7H2,1H3,(H,14,16)(H,15,17). The molecule has 106 valence electrons. The number of ether oxygens (including phenoxy) is 1. The minimum atomic E-state index is -0.245. The molecule has 6 heteroatoms. The summed E-state index contributed by atoms with van der Waals surface area (Å²) in [7, 11) is 1.40. The Morgan fingerprint density at radius 2 is 1.89 bits per heavy atom. The van der Waals surface area contributed by atoms with Crippen LogP contribution in [0.3, 0.4) is 0 Å². The van der Waals surface area contributed by atoms with Crippen LogP contribution in [0.5, 0.6) is 0 Å². The number of methoxy groups -OCH3 is 1. The number of hydrogen-bond acceptors (Lipinski definition) is 4. The molecule has 0 spiro atoms. The van der Waals surface area contributed by atoms with Crippen molar-refractivity contribution in [1.82, 2.24) is 10.6 Å². The summed E-state index contributed by atoms with van der Waals surface area (Å²) in [4.78, 5) is 34.4. The highest BCUT2D eigenvalue weighted by Crippen LogP contribution is 2.25. The summed E-state index contributed by atoms with van der Waals surface area (Å²) in [6, 6.07) is 0.115. The number of carbonyl (C=O) groups is 3. The maximum Gasteiger partial charge on any atom is 0.308 e. The third kappa shape index (κ3) is 3.45. The van der Waals surface area contributed by atoms with Crippen molar-refractivity contribution in [2.24, 2.45) is 11.8 Å². The molecule has 1 atom stereocenters. The first-order valence-electron chi connectivity index (χ1n) is 6.75. The van der Waals surface area contributed by atoms with E-state index >= 15 is 0 Å². The van der Waals surface area contributed by atoms with Crippen LogP contribution in [0.4, 0.5) is 0 Å². The van der Waals surface area contributed by atoms with Crippen LogP contribution in [-0.2, 0) is 19.1 Å². The molecule has 19 heavy (non-hydrogen) atoms. The Labute approximate surface area is 112 Å². The quantitative estimate of drug-likeness (QED) is 0.704. The zero-order valence-electron chi connectivity index (χ0n) is 11.1. The molecule has 6 nitrogen and oxygen atoms in total. The molecule has 2 N–H and O–H groups in total. The number of amides is 2. The van der Waals surface area contributed by atoms with Gasteiger partial charge in [0.25, 0.3) is 0 Å². The first-order chi connectivity index (χ1) is 9.10. The van der Waals surface area contributed by atoms with Gasteiger partial charge in [-0.05, 0) is 25.7 Å². The largest absolute Gasteiger partial charge is 0.469 e. The summed E-state index contributed by atoms with van der Waals surface area (Å²) in [6.45, 7) is 0.433. The van der Waals surface area contributed by atoms with Crippen molar-refractivity contribution in [3.8, 4) is 0 Å². The first-order valence-corrected chi connectivity index (χ1v) is 6.75. The van der Waals surface area contributed by atoms with Crippen molar-refractivity contribution in [2.75, 3.05) is 13.7 Å². The zero-order valence-corrected chi connectivity index (χ0v) is 11.1. The molecule has 1 saturated carbocycles. The maximum atomic E-state index is 11.9. The van der Waals surface area contributed by atoms with Gasteiger partial charge in [-0.2, -0.15) is 0 Å². The minimum Gasteiger partial charge on any atom is -0.469 e. The fourth-order valence-corrected chi connectivity index (χ4v) is 2.75. The zero-order chi connectivity index (χ0) is 13.8. The van der Waals surface area contributed by atoms with Gasteiger partial charge in [0.2, 0.25) is 11.8 Å². The van der Waals surface area contributed by atoms with Crippen LogP contribution in [0.1, 0.15) is 32.1 Å². The Kier molecular flexibility index (Phi) is 4.39. The highest BCUT2D eigenvalue weighted by atomic mass is 16.5. The molecule has 2 amide bonds. The van der Waals surface area contributed by atoms with Gasteiger partial charge in [-0.15, -0.1) is 0 Å². The summed E-state index contributed by atoms with van der Waals surface area (Å²) in [6.07, 6.45) is 3.36.